The lowest BCUT2D eigenvalue weighted by Gasteiger charge is -2.09. The number of nitrogens with one attached hydrogen (secondary N) is 1. The zero-order chi connectivity index (χ0) is 18.5. The lowest BCUT2D eigenvalue weighted by atomic mass is 10.1. The predicted octanol–water partition coefficient (Wildman–Crippen LogP) is 2.47. The van der Waals surface area contributed by atoms with Gasteiger partial charge in [-0.1, -0.05) is 18.2 Å². The van der Waals surface area contributed by atoms with Crippen LogP contribution in [0.1, 0.15) is 18.5 Å². The van der Waals surface area contributed by atoms with Crippen LogP contribution in [0.5, 0.6) is 6.01 Å². The van der Waals surface area contributed by atoms with Crippen molar-refractivity contribution in [1.82, 2.24) is 15.0 Å². The molecular weight excluding hydrogens is 337 g/mol. The van der Waals surface area contributed by atoms with Gasteiger partial charge < -0.3 is 10.5 Å². The predicted molar refractivity (Wildman–Crippen MR) is 96.4 cm³/mol. The lowest BCUT2D eigenvalue weighted by molar-refractivity contribution is 0.417. The Morgan fingerprint density at radius 3 is 2.96 bits per heavy atom. The van der Waals surface area contributed by atoms with Gasteiger partial charge in [-0.15, -0.1) is 0 Å². The fraction of sp³-hybridized carbons (Fsp3) is 0.111. The molecule has 0 unspecified atom stereocenters. The van der Waals surface area contributed by atoms with E-state index in [1.165, 1.54) is 30.9 Å². The Morgan fingerprint density at radius 1 is 1.38 bits per heavy atom. The molecule has 3 N–H and O–H groups in total. The standard InChI is InChI=1S/C18H16FN5O2/c1-11(13-4-2-3-5-15(13)19)22-9-12(8-20)26-18-23-16-10-21-7-6-14(16)17(25)24-18/h2-11H,20H2,1H3,(H,23,24,25)/t11-/m0/s1. The van der Waals surface area contributed by atoms with Gasteiger partial charge in [-0.3, -0.25) is 19.8 Å². The quantitative estimate of drug-likeness (QED) is 0.541. The molecule has 1 atom stereocenters. The Morgan fingerprint density at radius 2 is 2.19 bits per heavy atom. The topological polar surface area (TPSA) is 106 Å². The highest BCUT2D eigenvalue weighted by Gasteiger charge is 2.09. The van der Waals surface area contributed by atoms with Gasteiger partial charge in [0.1, 0.15) is 5.82 Å². The third-order valence-corrected chi connectivity index (χ3v) is 3.65. The van der Waals surface area contributed by atoms with E-state index in [4.69, 9.17) is 10.5 Å². The number of hydrogen-bond donors (Lipinski definition) is 2. The largest absolute Gasteiger partial charge is 0.422 e. The van der Waals surface area contributed by atoms with Gasteiger partial charge in [-0.05, 0) is 19.1 Å². The molecule has 0 fully saturated rings. The van der Waals surface area contributed by atoms with Crippen LogP contribution in [-0.4, -0.2) is 21.2 Å². The highest BCUT2D eigenvalue weighted by atomic mass is 19.1. The summed E-state index contributed by atoms with van der Waals surface area (Å²) in [5.41, 5.74) is 6.02. The SMILES string of the molecule is C[C@H](N=CC(=CN)Oc1nc2cnccc2c(=O)[nH]1)c1ccccc1F. The van der Waals surface area contributed by atoms with Crippen LogP contribution in [0.25, 0.3) is 10.9 Å². The number of H-pyrrole nitrogens is 1. The molecule has 0 aliphatic heterocycles. The summed E-state index contributed by atoms with van der Waals surface area (Å²) >= 11 is 0. The minimum absolute atomic E-state index is 0.0443. The van der Waals surface area contributed by atoms with Gasteiger partial charge in [0.2, 0.25) is 0 Å². The van der Waals surface area contributed by atoms with Crippen LogP contribution >= 0.6 is 0 Å². The van der Waals surface area contributed by atoms with E-state index in [9.17, 15) is 9.18 Å². The normalized spacial score (nSPS) is 13.2. The summed E-state index contributed by atoms with van der Waals surface area (Å²) in [6.07, 6.45) is 5.48. The van der Waals surface area contributed by atoms with Crippen molar-refractivity contribution in [1.29, 1.82) is 0 Å². The van der Waals surface area contributed by atoms with Crippen molar-refractivity contribution in [3.8, 4) is 6.01 Å². The van der Waals surface area contributed by atoms with E-state index in [2.05, 4.69) is 19.9 Å². The molecule has 0 amide bonds. The molecule has 0 aliphatic rings. The van der Waals surface area contributed by atoms with Gasteiger partial charge in [-0.2, -0.15) is 4.98 Å². The summed E-state index contributed by atoms with van der Waals surface area (Å²) < 4.78 is 19.3. The second kappa shape index (κ2) is 7.56. The van der Waals surface area contributed by atoms with Crippen LogP contribution in [0.4, 0.5) is 4.39 Å². The second-order valence-electron chi connectivity index (χ2n) is 5.41. The van der Waals surface area contributed by atoms with Gasteiger partial charge in [0, 0.05) is 18.0 Å². The molecule has 0 spiro atoms. The molecule has 0 bridgehead atoms. The Kier molecular flexibility index (Phi) is 5.02. The summed E-state index contributed by atoms with van der Waals surface area (Å²) in [6.45, 7) is 1.74. The molecule has 132 valence electrons. The first-order chi connectivity index (χ1) is 12.6. The Labute approximate surface area is 148 Å². The second-order valence-corrected chi connectivity index (χ2v) is 5.41. The molecule has 0 aliphatic carbocycles. The summed E-state index contributed by atoms with van der Waals surface area (Å²) in [5, 5.41) is 0.396. The van der Waals surface area contributed by atoms with Crippen molar-refractivity contribution in [2.24, 2.45) is 10.7 Å². The Bertz CT molecular complexity index is 1040. The Balaban J connectivity index is 1.80. The zero-order valence-corrected chi connectivity index (χ0v) is 13.9. The van der Waals surface area contributed by atoms with E-state index in [1.54, 1.807) is 31.2 Å². The highest BCUT2D eigenvalue weighted by molar-refractivity contribution is 5.78. The molecule has 1 aromatic carbocycles. The fourth-order valence-electron chi connectivity index (χ4n) is 2.31. The number of aliphatic imine (C=N–C) groups is 1. The first-order valence-corrected chi connectivity index (χ1v) is 7.80. The van der Waals surface area contributed by atoms with E-state index < -0.39 is 6.04 Å². The molecule has 26 heavy (non-hydrogen) atoms. The number of pyridine rings is 1. The number of aromatic amines is 1. The maximum absolute atomic E-state index is 13.8. The van der Waals surface area contributed by atoms with Crippen molar-refractivity contribution < 1.29 is 9.13 Å². The average Bonchev–Trinajstić information content (AvgIpc) is 2.65. The smallest absolute Gasteiger partial charge is 0.302 e. The molecule has 0 saturated heterocycles. The highest BCUT2D eigenvalue weighted by Crippen LogP contribution is 2.19. The van der Waals surface area contributed by atoms with Gasteiger partial charge in [0.15, 0.2) is 5.76 Å². The fourth-order valence-corrected chi connectivity index (χ4v) is 2.31. The van der Waals surface area contributed by atoms with Crippen molar-refractivity contribution in [2.45, 2.75) is 13.0 Å². The van der Waals surface area contributed by atoms with Gasteiger partial charge in [-0.25, -0.2) is 4.39 Å². The van der Waals surface area contributed by atoms with Gasteiger partial charge in [0.05, 0.1) is 29.4 Å². The number of halogens is 1. The molecule has 2 heterocycles. The minimum Gasteiger partial charge on any atom is -0.422 e. The number of fused-ring (bicyclic) bond motifs is 1. The van der Waals surface area contributed by atoms with Crippen molar-refractivity contribution in [3.05, 3.63) is 76.4 Å². The molecular formula is C18H16FN5O2. The molecule has 3 aromatic rings. The number of hydrogen-bond acceptors (Lipinski definition) is 6. The molecule has 8 heteroatoms. The molecule has 0 radical (unpaired) electrons. The number of allylic oxidation sites excluding steroid dienone is 1. The first kappa shape index (κ1) is 17.3. The van der Waals surface area contributed by atoms with Gasteiger partial charge in [0.25, 0.3) is 5.56 Å². The maximum atomic E-state index is 13.8. The molecule has 7 nitrogen and oxygen atoms in total. The van der Waals surface area contributed by atoms with Crippen LogP contribution < -0.4 is 16.0 Å². The molecule has 3 rings (SSSR count). The van der Waals surface area contributed by atoms with Crippen molar-refractivity contribution >= 4 is 17.1 Å². The monoisotopic (exact) mass is 353 g/mol. The van der Waals surface area contributed by atoms with E-state index >= 15 is 0 Å². The van der Waals surface area contributed by atoms with Crippen molar-refractivity contribution in [3.63, 3.8) is 0 Å². The average molecular weight is 353 g/mol. The summed E-state index contributed by atoms with van der Waals surface area (Å²) in [5.74, 6) is -0.191. The van der Waals surface area contributed by atoms with E-state index in [-0.39, 0.29) is 23.1 Å². The molecule has 0 saturated carbocycles. The van der Waals surface area contributed by atoms with E-state index in [0.29, 0.717) is 16.5 Å². The van der Waals surface area contributed by atoms with E-state index in [1.807, 2.05) is 0 Å². The third-order valence-electron chi connectivity index (χ3n) is 3.65. The zero-order valence-electron chi connectivity index (χ0n) is 13.9. The summed E-state index contributed by atoms with van der Waals surface area (Å²) in [4.78, 5) is 26.9. The van der Waals surface area contributed by atoms with Crippen LogP contribution in [0.2, 0.25) is 0 Å². The summed E-state index contributed by atoms with van der Waals surface area (Å²) in [6, 6.07) is 7.44. The number of nitrogens with zero attached hydrogens (tertiary/aromatic N) is 3. The number of benzene rings is 1. The van der Waals surface area contributed by atoms with Crippen LogP contribution in [0.3, 0.4) is 0 Å². The summed E-state index contributed by atoms with van der Waals surface area (Å²) in [7, 11) is 0. The minimum atomic E-state index is -0.442. The van der Waals surface area contributed by atoms with Crippen LogP contribution in [0, 0.1) is 5.82 Å². The van der Waals surface area contributed by atoms with Crippen LogP contribution in [-0.2, 0) is 0 Å². The maximum Gasteiger partial charge on any atom is 0.302 e. The number of rotatable bonds is 5. The van der Waals surface area contributed by atoms with Gasteiger partial charge >= 0.3 is 6.01 Å². The Hall–Kier alpha value is -3.55. The van der Waals surface area contributed by atoms with E-state index in [0.717, 1.165) is 0 Å². The molecule has 2 aromatic heterocycles. The third kappa shape index (κ3) is 3.75. The number of aromatic nitrogens is 3. The lowest BCUT2D eigenvalue weighted by Crippen LogP contribution is -2.12. The number of ether oxygens (including phenoxy) is 1. The van der Waals surface area contributed by atoms with Crippen molar-refractivity contribution in [2.75, 3.05) is 0 Å². The van der Waals surface area contributed by atoms with Crippen LogP contribution in [0.15, 0.2) is 64.5 Å². The number of nitrogens with two attached hydrogens (primary N) is 1. The first-order valence-electron chi connectivity index (χ1n) is 7.80.